The van der Waals surface area contributed by atoms with Gasteiger partial charge in [-0.05, 0) is 68.5 Å². The topological polar surface area (TPSA) is 12.0 Å². The average Bonchev–Trinajstić information content (AvgIpc) is 2.91. The molecule has 0 aliphatic carbocycles. The normalized spacial score (nSPS) is 20.7. The molecule has 0 radical (unpaired) electrons. The van der Waals surface area contributed by atoms with Gasteiger partial charge < -0.3 is 5.32 Å². The molecule has 2 heteroatoms. The van der Waals surface area contributed by atoms with Crippen molar-refractivity contribution in [3.63, 3.8) is 0 Å². The van der Waals surface area contributed by atoms with Crippen LogP contribution in [0, 0.1) is 13.8 Å². The summed E-state index contributed by atoms with van der Waals surface area (Å²) >= 11 is 2.17. The van der Waals surface area contributed by atoms with Crippen LogP contribution in [-0.4, -0.2) is 23.6 Å². The van der Waals surface area contributed by atoms with E-state index in [-0.39, 0.29) is 0 Å². The number of thioether (sulfide) groups is 1. The highest BCUT2D eigenvalue weighted by Gasteiger charge is 2.26. The fourth-order valence-electron chi connectivity index (χ4n) is 2.98. The van der Waals surface area contributed by atoms with Gasteiger partial charge in [-0.1, -0.05) is 25.1 Å². The molecule has 2 atom stereocenters. The number of benzene rings is 1. The highest BCUT2D eigenvalue weighted by molar-refractivity contribution is 8.00. The molecule has 2 unspecified atom stereocenters. The lowest BCUT2D eigenvalue weighted by atomic mass is 9.94. The molecule has 0 bridgehead atoms. The Kier molecular flexibility index (Phi) is 5.77. The average molecular weight is 277 g/mol. The Morgan fingerprint density at radius 1 is 1.32 bits per heavy atom. The standard InChI is InChI=1S/C17H27NS/c1-4-10-18-16(17-9-6-11-19-17)12-15-13(2)7-5-8-14(15)3/h5,7-8,16-18H,4,6,9-12H2,1-3H3. The van der Waals surface area contributed by atoms with Crippen molar-refractivity contribution in [1.29, 1.82) is 0 Å². The maximum absolute atomic E-state index is 3.79. The molecule has 0 saturated carbocycles. The summed E-state index contributed by atoms with van der Waals surface area (Å²) in [6, 6.07) is 7.32. The molecular formula is C17H27NS. The minimum atomic E-state index is 0.646. The Bertz CT molecular complexity index is 376. The summed E-state index contributed by atoms with van der Waals surface area (Å²) in [4.78, 5) is 0. The van der Waals surface area contributed by atoms with Crippen molar-refractivity contribution >= 4 is 11.8 Å². The monoisotopic (exact) mass is 277 g/mol. The molecule has 1 saturated heterocycles. The molecule has 106 valence electrons. The fourth-order valence-corrected chi connectivity index (χ4v) is 4.37. The molecule has 1 fully saturated rings. The first-order valence-corrected chi connectivity index (χ1v) is 8.67. The summed E-state index contributed by atoms with van der Waals surface area (Å²) in [7, 11) is 0. The van der Waals surface area contributed by atoms with Gasteiger partial charge in [0, 0.05) is 11.3 Å². The van der Waals surface area contributed by atoms with E-state index in [1.165, 1.54) is 42.6 Å². The van der Waals surface area contributed by atoms with E-state index in [9.17, 15) is 0 Å². The SMILES string of the molecule is CCCNC(Cc1c(C)cccc1C)C1CCCS1. The van der Waals surface area contributed by atoms with Crippen LogP contribution in [0.2, 0.25) is 0 Å². The molecular weight excluding hydrogens is 250 g/mol. The van der Waals surface area contributed by atoms with E-state index >= 15 is 0 Å². The Labute approximate surface area is 122 Å². The van der Waals surface area contributed by atoms with E-state index < -0.39 is 0 Å². The van der Waals surface area contributed by atoms with Crippen LogP contribution in [0.1, 0.15) is 42.9 Å². The van der Waals surface area contributed by atoms with Crippen LogP contribution >= 0.6 is 11.8 Å². The van der Waals surface area contributed by atoms with Gasteiger partial charge >= 0.3 is 0 Å². The zero-order chi connectivity index (χ0) is 13.7. The molecule has 0 aromatic heterocycles. The third kappa shape index (κ3) is 4.00. The second kappa shape index (κ2) is 7.35. The van der Waals surface area contributed by atoms with E-state index in [4.69, 9.17) is 0 Å². The van der Waals surface area contributed by atoms with Crippen LogP contribution < -0.4 is 5.32 Å². The van der Waals surface area contributed by atoms with Gasteiger partial charge in [-0.25, -0.2) is 0 Å². The van der Waals surface area contributed by atoms with Crippen molar-refractivity contribution in [1.82, 2.24) is 5.32 Å². The second-order valence-electron chi connectivity index (χ2n) is 5.69. The predicted octanol–water partition coefficient (Wildman–Crippen LogP) is 4.11. The molecule has 1 aromatic carbocycles. The number of hydrogen-bond donors (Lipinski definition) is 1. The third-order valence-corrected chi connectivity index (χ3v) is 5.66. The van der Waals surface area contributed by atoms with Crippen molar-refractivity contribution in [3.05, 3.63) is 34.9 Å². The largest absolute Gasteiger partial charge is 0.313 e. The number of rotatable bonds is 6. The lowest BCUT2D eigenvalue weighted by Crippen LogP contribution is -2.39. The van der Waals surface area contributed by atoms with Crippen molar-refractivity contribution in [2.45, 2.75) is 57.7 Å². The van der Waals surface area contributed by atoms with E-state index in [0.717, 1.165) is 11.8 Å². The number of aryl methyl sites for hydroxylation is 2. The molecule has 1 nitrogen and oxygen atoms in total. The Morgan fingerprint density at radius 3 is 2.63 bits per heavy atom. The predicted molar refractivity (Wildman–Crippen MR) is 87.2 cm³/mol. The first-order chi connectivity index (χ1) is 9.22. The van der Waals surface area contributed by atoms with E-state index in [1.54, 1.807) is 5.56 Å². The summed E-state index contributed by atoms with van der Waals surface area (Å²) in [5.74, 6) is 1.35. The Hall–Kier alpha value is -0.470. The molecule has 1 N–H and O–H groups in total. The quantitative estimate of drug-likeness (QED) is 0.840. The van der Waals surface area contributed by atoms with Gasteiger partial charge in [-0.2, -0.15) is 11.8 Å². The Balaban J connectivity index is 2.10. The van der Waals surface area contributed by atoms with Crippen LogP contribution in [0.3, 0.4) is 0 Å². The summed E-state index contributed by atoms with van der Waals surface area (Å²) < 4.78 is 0. The van der Waals surface area contributed by atoms with Gasteiger partial charge in [0.05, 0.1) is 0 Å². The molecule has 0 spiro atoms. The zero-order valence-corrected chi connectivity index (χ0v) is 13.4. The van der Waals surface area contributed by atoms with Crippen molar-refractivity contribution in [2.24, 2.45) is 0 Å². The second-order valence-corrected chi connectivity index (χ2v) is 7.03. The fraction of sp³-hybridized carbons (Fsp3) is 0.647. The van der Waals surface area contributed by atoms with Crippen LogP contribution in [-0.2, 0) is 6.42 Å². The van der Waals surface area contributed by atoms with E-state index in [2.05, 4.69) is 56.0 Å². The summed E-state index contributed by atoms with van der Waals surface area (Å²) in [5.41, 5.74) is 4.46. The number of nitrogens with one attached hydrogen (secondary N) is 1. The minimum absolute atomic E-state index is 0.646. The van der Waals surface area contributed by atoms with Gasteiger partial charge in [0.15, 0.2) is 0 Å². The molecule has 1 aliphatic heterocycles. The van der Waals surface area contributed by atoms with Gasteiger partial charge in [0.1, 0.15) is 0 Å². The van der Waals surface area contributed by atoms with Gasteiger partial charge in [-0.15, -0.1) is 0 Å². The summed E-state index contributed by atoms with van der Waals surface area (Å²) in [5, 5.41) is 4.60. The molecule has 0 amide bonds. The summed E-state index contributed by atoms with van der Waals surface area (Å²) in [6.45, 7) is 7.90. The first-order valence-electron chi connectivity index (χ1n) is 7.62. The van der Waals surface area contributed by atoms with Crippen LogP contribution in [0.5, 0.6) is 0 Å². The van der Waals surface area contributed by atoms with Crippen molar-refractivity contribution < 1.29 is 0 Å². The highest BCUT2D eigenvalue weighted by Crippen LogP contribution is 2.31. The van der Waals surface area contributed by atoms with Crippen LogP contribution in [0.25, 0.3) is 0 Å². The van der Waals surface area contributed by atoms with Gasteiger partial charge in [0.25, 0.3) is 0 Å². The van der Waals surface area contributed by atoms with E-state index in [1.807, 2.05) is 0 Å². The Morgan fingerprint density at radius 2 is 2.05 bits per heavy atom. The number of hydrogen-bond acceptors (Lipinski definition) is 2. The van der Waals surface area contributed by atoms with Gasteiger partial charge in [-0.3, -0.25) is 0 Å². The maximum Gasteiger partial charge on any atom is 0.0227 e. The van der Waals surface area contributed by atoms with E-state index in [0.29, 0.717) is 6.04 Å². The lowest BCUT2D eigenvalue weighted by Gasteiger charge is -2.26. The molecule has 1 heterocycles. The zero-order valence-electron chi connectivity index (χ0n) is 12.5. The third-order valence-electron chi connectivity index (χ3n) is 4.14. The minimum Gasteiger partial charge on any atom is -0.313 e. The highest BCUT2D eigenvalue weighted by atomic mass is 32.2. The molecule has 1 aromatic rings. The molecule has 2 rings (SSSR count). The maximum atomic E-state index is 3.79. The smallest absolute Gasteiger partial charge is 0.0227 e. The van der Waals surface area contributed by atoms with Crippen LogP contribution in [0.15, 0.2) is 18.2 Å². The first kappa shape index (κ1) is 14.9. The lowest BCUT2D eigenvalue weighted by molar-refractivity contribution is 0.480. The van der Waals surface area contributed by atoms with Crippen LogP contribution in [0.4, 0.5) is 0 Å². The molecule has 1 aliphatic rings. The molecule has 19 heavy (non-hydrogen) atoms. The van der Waals surface area contributed by atoms with Crippen molar-refractivity contribution in [3.8, 4) is 0 Å². The van der Waals surface area contributed by atoms with Crippen molar-refractivity contribution in [2.75, 3.05) is 12.3 Å². The van der Waals surface area contributed by atoms with Gasteiger partial charge in [0.2, 0.25) is 0 Å². The summed E-state index contributed by atoms with van der Waals surface area (Å²) in [6.07, 6.45) is 5.19.